The van der Waals surface area contributed by atoms with Crippen molar-refractivity contribution in [3.63, 3.8) is 0 Å². The van der Waals surface area contributed by atoms with E-state index < -0.39 is 9.84 Å². The fourth-order valence-corrected chi connectivity index (χ4v) is 2.50. The minimum atomic E-state index is -2.95. The fraction of sp³-hybridized carbons (Fsp3) is 0.769. The number of rotatable bonds is 8. The molecular formula is C13H26IN5O3S. The lowest BCUT2D eigenvalue weighted by Crippen LogP contribution is -2.43. The maximum Gasteiger partial charge on any atom is 0.228 e. The number of hydrogen-bond acceptors (Lipinski definition) is 6. The normalized spacial score (nSPS) is 13.3. The minimum Gasteiger partial charge on any atom is -0.357 e. The van der Waals surface area contributed by atoms with Crippen molar-refractivity contribution >= 4 is 39.8 Å². The Balaban J connectivity index is 0.00000484. The Kier molecular flexibility index (Phi) is 10.4. The van der Waals surface area contributed by atoms with Crippen LogP contribution in [-0.2, 0) is 16.3 Å². The molecule has 1 unspecified atom stereocenters. The van der Waals surface area contributed by atoms with E-state index in [0.29, 0.717) is 37.1 Å². The van der Waals surface area contributed by atoms with Gasteiger partial charge in [-0.3, -0.25) is 4.99 Å². The van der Waals surface area contributed by atoms with Crippen molar-refractivity contribution in [1.82, 2.24) is 20.8 Å². The number of aliphatic imine (C=N–C) groups is 1. The molecule has 0 saturated heterocycles. The van der Waals surface area contributed by atoms with Gasteiger partial charge in [-0.2, -0.15) is 4.98 Å². The molecule has 0 amide bonds. The summed E-state index contributed by atoms with van der Waals surface area (Å²) >= 11 is 0. The van der Waals surface area contributed by atoms with E-state index in [1.807, 2.05) is 13.8 Å². The molecule has 0 saturated carbocycles. The van der Waals surface area contributed by atoms with E-state index >= 15 is 0 Å². The van der Waals surface area contributed by atoms with Crippen molar-refractivity contribution < 1.29 is 12.9 Å². The van der Waals surface area contributed by atoms with Crippen molar-refractivity contribution in [1.29, 1.82) is 0 Å². The van der Waals surface area contributed by atoms with E-state index in [1.54, 1.807) is 6.92 Å². The van der Waals surface area contributed by atoms with E-state index in [1.165, 1.54) is 6.26 Å². The molecule has 1 aromatic rings. The number of nitrogens with zero attached hydrogens (tertiary/aromatic N) is 3. The van der Waals surface area contributed by atoms with Crippen molar-refractivity contribution in [2.24, 2.45) is 4.99 Å². The zero-order valence-electron chi connectivity index (χ0n) is 14.0. The minimum absolute atomic E-state index is 0. The van der Waals surface area contributed by atoms with Crippen LogP contribution in [0.2, 0.25) is 0 Å². The number of halogens is 1. The Morgan fingerprint density at radius 2 is 2.13 bits per heavy atom. The molecule has 0 aliphatic heterocycles. The first-order valence-corrected chi connectivity index (χ1v) is 9.38. The van der Waals surface area contributed by atoms with Crippen molar-refractivity contribution in [3.05, 3.63) is 11.7 Å². The lowest BCUT2D eigenvalue weighted by molar-refractivity contribution is 0.376. The van der Waals surface area contributed by atoms with Crippen molar-refractivity contribution in [3.8, 4) is 0 Å². The van der Waals surface area contributed by atoms with Gasteiger partial charge < -0.3 is 15.2 Å². The molecule has 8 nitrogen and oxygen atoms in total. The molecule has 2 N–H and O–H groups in total. The van der Waals surface area contributed by atoms with E-state index in [0.717, 1.165) is 6.54 Å². The van der Waals surface area contributed by atoms with Crippen LogP contribution in [0.3, 0.4) is 0 Å². The van der Waals surface area contributed by atoms with Crippen LogP contribution >= 0.6 is 24.0 Å². The van der Waals surface area contributed by atoms with Gasteiger partial charge in [-0.25, -0.2) is 8.42 Å². The molecule has 0 bridgehead atoms. The molecule has 0 aromatic carbocycles. The Hall–Kier alpha value is -0.910. The van der Waals surface area contributed by atoms with Gasteiger partial charge in [0.2, 0.25) is 5.89 Å². The first kappa shape index (κ1) is 22.1. The molecule has 0 aliphatic carbocycles. The molecule has 0 radical (unpaired) electrons. The SMILES string of the molecule is CCNC(=NCCc1nc(C)no1)NC(C)CCS(C)(=O)=O.I. The monoisotopic (exact) mass is 459 g/mol. The molecule has 1 atom stereocenters. The Morgan fingerprint density at radius 3 is 2.65 bits per heavy atom. The third kappa shape index (κ3) is 10.5. The van der Waals surface area contributed by atoms with Crippen molar-refractivity contribution in [2.75, 3.05) is 25.1 Å². The zero-order chi connectivity index (χ0) is 16.6. The molecule has 1 heterocycles. The molecule has 0 aliphatic rings. The molecule has 1 rings (SSSR count). The lowest BCUT2D eigenvalue weighted by Gasteiger charge is -2.17. The Morgan fingerprint density at radius 1 is 1.43 bits per heavy atom. The number of aromatic nitrogens is 2. The number of hydrogen-bond donors (Lipinski definition) is 2. The van der Waals surface area contributed by atoms with Crippen LogP contribution < -0.4 is 10.6 Å². The predicted octanol–water partition coefficient (Wildman–Crippen LogP) is 0.917. The third-order valence-corrected chi connectivity index (χ3v) is 3.79. The van der Waals surface area contributed by atoms with Crippen LogP contribution in [0.15, 0.2) is 9.52 Å². The Bertz CT molecular complexity index is 588. The first-order valence-electron chi connectivity index (χ1n) is 7.32. The van der Waals surface area contributed by atoms with Crippen LogP contribution in [0.5, 0.6) is 0 Å². The largest absolute Gasteiger partial charge is 0.357 e. The summed E-state index contributed by atoms with van der Waals surface area (Å²) in [6.07, 6.45) is 2.34. The molecular weight excluding hydrogens is 433 g/mol. The average molecular weight is 459 g/mol. The van der Waals surface area contributed by atoms with E-state index in [2.05, 4.69) is 25.8 Å². The number of sulfone groups is 1. The molecule has 1 aromatic heterocycles. The van der Waals surface area contributed by atoms with Crippen LogP contribution in [0.1, 0.15) is 32.0 Å². The molecule has 0 fully saturated rings. The van der Waals surface area contributed by atoms with Gasteiger partial charge in [0.15, 0.2) is 11.8 Å². The highest BCUT2D eigenvalue weighted by atomic mass is 127. The predicted molar refractivity (Wildman–Crippen MR) is 101 cm³/mol. The molecule has 134 valence electrons. The van der Waals surface area contributed by atoms with Gasteiger partial charge in [0.05, 0.1) is 12.3 Å². The van der Waals surface area contributed by atoms with E-state index in [9.17, 15) is 8.42 Å². The number of nitrogens with one attached hydrogen (secondary N) is 2. The number of aryl methyl sites for hydroxylation is 1. The summed E-state index contributed by atoms with van der Waals surface area (Å²) in [5.41, 5.74) is 0. The number of guanidine groups is 1. The zero-order valence-corrected chi connectivity index (χ0v) is 17.1. The summed E-state index contributed by atoms with van der Waals surface area (Å²) in [5.74, 6) is 1.97. The summed E-state index contributed by atoms with van der Waals surface area (Å²) in [5, 5.41) is 10.0. The highest BCUT2D eigenvalue weighted by Crippen LogP contribution is 1.98. The van der Waals surface area contributed by atoms with Crippen LogP contribution in [0.25, 0.3) is 0 Å². The maximum absolute atomic E-state index is 11.2. The summed E-state index contributed by atoms with van der Waals surface area (Å²) in [6, 6.07) is 0.0122. The molecule has 23 heavy (non-hydrogen) atoms. The highest BCUT2D eigenvalue weighted by Gasteiger charge is 2.09. The summed E-state index contributed by atoms with van der Waals surface area (Å²) in [7, 11) is -2.95. The van der Waals surface area contributed by atoms with Crippen LogP contribution in [0, 0.1) is 6.92 Å². The lowest BCUT2D eigenvalue weighted by atomic mass is 10.3. The second-order valence-electron chi connectivity index (χ2n) is 5.21. The van der Waals surface area contributed by atoms with Gasteiger partial charge >= 0.3 is 0 Å². The third-order valence-electron chi connectivity index (χ3n) is 2.81. The quantitative estimate of drug-likeness (QED) is 0.338. The van der Waals surface area contributed by atoms with Crippen LogP contribution in [-0.4, -0.2) is 55.7 Å². The maximum atomic E-state index is 11.2. The second-order valence-corrected chi connectivity index (χ2v) is 7.47. The smallest absolute Gasteiger partial charge is 0.228 e. The molecule has 10 heteroatoms. The van der Waals surface area contributed by atoms with E-state index in [4.69, 9.17) is 4.52 Å². The average Bonchev–Trinajstić information content (AvgIpc) is 2.81. The van der Waals surface area contributed by atoms with Gasteiger partial charge in [0.25, 0.3) is 0 Å². The standard InChI is InChI=1S/C13H25N5O3S.HI/c1-5-14-13(16-10(2)7-9-22(4,19)20)15-8-6-12-17-11(3)18-21-12;/h10H,5-9H2,1-4H3,(H2,14,15,16);1H. The first-order chi connectivity index (χ1) is 10.3. The highest BCUT2D eigenvalue weighted by molar-refractivity contribution is 14.0. The van der Waals surface area contributed by atoms with Gasteiger partial charge in [-0.15, -0.1) is 24.0 Å². The van der Waals surface area contributed by atoms with Gasteiger partial charge in [0, 0.05) is 25.3 Å². The second kappa shape index (κ2) is 10.8. The molecule has 0 spiro atoms. The van der Waals surface area contributed by atoms with Gasteiger partial charge in [-0.1, -0.05) is 5.16 Å². The van der Waals surface area contributed by atoms with E-state index in [-0.39, 0.29) is 35.8 Å². The van der Waals surface area contributed by atoms with Gasteiger partial charge in [-0.05, 0) is 27.2 Å². The van der Waals surface area contributed by atoms with Gasteiger partial charge in [0.1, 0.15) is 9.84 Å². The van der Waals surface area contributed by atoms with Crippen molar-refractivity contribution in [2.45, 2.75) is 39.7 Å². The summed E-state index contributed by atoms with van der Waals surface area (Å²) < 4.78 is 27.4. The Labute approximate surface area is 154 Å². The van der Waals surface area contributed by atoms with Crippen LogP contribution in [0.4, 0.5) is 0 Å². The fourth-order valence-electron chi connectivity index (χ4n) is 1.72. The summed E-state index contributed by atoms with van der Waals surface area (Å²) in [4.78, 5) is 8.54. The summed E-state index contributed by atoms with van der Waals surface area (Å²) in [6.45, 7) is 6.91. The topological polar surface area (TPSA) is 109 Å².